The van der Waals surface area contributed by atoms with Crippen molar-refractivity contribution in [2.75, 3.05) is 26.3 Å². The zero-order valence-corrected chi connectivity index (χ0v) is 14.6. The molecule has 2 aromatic rings. The second-order valence-corrected chi connectivity index (χ2v) is 7.79. The lowest BCUT2D eigenvalue weighted by Gasteiger charge is -2.27. The summed E-state index contributed by atoms with van der Waals surface area (Å²) in [4.78, 5) is 0.285. The first kappa shape index (κ1) is 17.2. The number of hydrogen-bond acceptors (Lipinski definition) is 3. The normalized spacial score (nSPS) is 17.0. The Morgan fingerprint density at radius 1 is 1.00 bits per heavy atom. The van der Waals surface area contributed by atoms with E-state index < -0.39 is 10.0 Å². The first-order chi connectivity index (χ1) is 11.6. The highest BCUT2D eigenvalue weighted by molar-refractivity contribution is 7.98. The Morgan fingerprint density at radius 2 is 1.62 bits per heavy atom. The zero-order valence-electron chi connectivity index (χ0n) is 13.1. The van der Waals surface area contributed by atoms with Gasteiger partial charge in [-0.15, -0.1) is 0 Å². The maximum absolute atomic E-state index is 13.1. The summed E-state index contributed by atoms with van der Waals surface area (Å²) in [5.41, 5.74) is 1.45. The highest BCUT2D eigenvalue weighted by Gasteiger charge is 2.29. The number of morpholine rings is 1. The third kappa shape index (κ3) is 3.87. The van der Waals surface area contributed by atoms with Gasteiger partial charge in [-0.2, -0.15) is 4.31 Å². The molecule has 2 aromatic carbocycles. The molecule has 1 saturated heterocycles. The monoisotopic (exact) mass is 363 g/mol. The van der Waals surface area contributed by atoms with Crippen LogP contribution >= 0.6 is 11.6 Å². The van der Waals surface area contributed by atoms with Gasteiger partial charge >= 0.3 is 0 Å². The Hall–Kier alpha value is -1.66. The zero-order chi connectivity index (χ0) is 17.0. The summed E-state index contributed by atoms with van der Waals surface area (Å²) in [5, 5.41) is 0.615. The van der Waals surface area contributed by atoms with Crippen molar-refractivity contribution in [2.24, 2.45) is 0 Å². The van der Waals surface area contributed by atoms with Crippen LogP contribution in [0.2, 0.25) is 5.02 Å². The molecule has 0 spiro atoms. The largest absolute Gasteiger partial charge is 0.379 e. The van der Waals surface area contributed by atoms with E-state index in [1.54, 1.807) is 42.5 Å². The summed E-state index contributed by atoms with van der Waals surface area (Å²) in [6.45, 7) is 1.57. The van der Waals surface area contributed by atoms with Gasteiger partial charge in [0.05, 0.1) is 18.1 Å². The van der Waals surface area contributed by atoms with E-state index in [4.69, 9.17) is 16.3 Å². The molecular formula is C18H18ClNO3S. The van der Waals surface area contributed by atoms with E-state index in [0.29, 0.717) is 36.9 Å². The lowest BCUT2D eigenvalue weighted by Crippen LogP contribution is -2.40. The molecule has 0 aliphatic carbocycles. The van der Waals surface area contributed by atoms with E-state index >= 15 is 0 Å². The van der Waals surface area contributed by atoms with Gasteiger partial charge in [-0.3, -0.25) is 0 Å². The van der Waals surface area contributed by atoms with E-state index in [2.05, 4.69) is 0 Å². The maximum Gasteiger partial charge on any atom is 0.243 e. The predicted molar refractivity (Wildman–Crippen MR) is 97.1 cm³/mol. The van der Waals surface area contributed by atoms with E-state index in [9.17, 15) is 8.42 Å². The smallest absolute Gasteiger partial charge is 0.243 e. The lowest BCUT2D eigenvalue weighted by molar-refractivity contribution is 0.0737. The fourth-order valence-corrected chi connectivity index (χ4v) is 4.30. The van der Waals surface area contributed by atoms with Crippen LogP contribution in [-0.2, 0) is 14.8 Å². The molecule has 1 aliphatic heterocycles. The average molecular weight is 364 g/mol. The summed E-state index contributed by atoms with van der Waals surface area (Å²) < 4.78 is 33.0. The Labute approximate surface area is 147 Å². The van der Waals surface area contributed by atoms with Gasteiger partial charge in [-0.25, -0.2) is 8.42 Å². The van der Waals surface area contributed by atoms with Crippen LogP contribution in [0.3, 0.4) is 0 Å². The van der Waals surface area contributed by atoms with E-state index in [1.807, 2.05) is 18.2 Å². The molecule has 0 atom stereocenters. The van der Waals surface area contributed by atoms with E-state index in [-0.39, 0.29) is 4.91 Å². The Balaban J connectivity index is 2.06. The van der Waals surface area contributed by atoms with Gasteiger partial charge in [0.2, 0.25) is 10.0 Å². The molecule has 24 heavy (non-hydrogen) atoms. The fourth-order valence-electron chi connectivity index (χ4n) is 2.55. The van der Waals surface area contributed by atoms with Crippen LogP contribution < -0.4 is 0 Å². The van der Waals surface area contributed by atoms with Gasteiger partial charge < -0.3 is 4.74 Å². The van der Waals surface area contributed by atoms with Crippen LogP contribution in [0.15, 0.2) is 54.6 Å². The molecule has 0 saturated carbocycles. The summed E-state index contributed by atoms with van der Waals surface area (Å²) in [5.74, 6) is 0. The minimum absolute atomic E-state index is 0.285. The number of ether oxygens (including phenoxy) is 1. The molecule has 126 valence electrons. The summed E-state index contributed by atoms with van der Waals surface area (Å²) in [6.07, 6.45) is 1.69. The SMILES string of the molecule is O=S(=O)(C(=Cc1ccc(Cl)cc1)c1ccccc1)N1CCOCC1. The molecule has 0 aromatic heterocycles. The third-order valence-corrected chi connectivity index (χ3v) is 6.02. The number of hydrogen-bond donors (Lipinski definition) is 0. The molecule has 4 nitrogen and oxygen atoms in total. The fraction of sp³-hybridized carbons (Fsp3) is 0.222. The van der Waals surface area contributed by atoms with Crippen molar-refractivity contribution in [2.45, 2.75) is 0 Å². The highest BCUT2D eigenvalue weighted by atomic mass is 35.5. The van der Waals surface area contributed by atoms with Crippen LogP contribution in [0.5, 0.6) is 0 Å². The van der Waals surface area contributed by atoms with Gasteiger partial charge in [0, 0.05) is 18.1 Å². The van der Waals surface area contributed by atoms with Crippen LogP contribution in [0, 0.1) is 0 Å². The standard InChI is InChI=1S/C18H18ClNO3S/c19-17-8-6-15(7-9-17)14-18(16-4-2-1-3-5-16)24(21,22)20-10-12-23-13-11-20/h1-9,14H,10-13H2. The van der Waals surface area contributed by atoms with E-state index in [1.165, 1.54) is 4.31 Å². The molecule has 0 bridgehead atoms. The number of benzene rings is 2. The van der Waals surface area contributed by atoms with Gasteiger partial charge in [0.25, 0.3) is 0 Å². The predicted octanol–water partition coefficient (Wildman–Crippen LogP) is 3.50. The van der Waals surface area contributed by atoms with Gasteiger partial charge in [0.15, 0.2) is 0 Å². The summed E-state index contributed by atoms with van der Waals surface area (Å²) in [7, 11) is -3.60. The first-order valence-corrected chi connectivity index (χ1v) is 9.50. The van der Waals surface area contributed by atoms with Crippen LogP contribution in [0.25, 0.3) is 11.0 Å². The molecule has 6 heteroatoms. The lowest BCUT2D eigenvalue weighted by atomic mass is 10.1. The minimum Gasteiger partial charge on any atom is -0.379 e. The number of rotatable bonds is 4. The average Bonchev–Trinajstić information content (AvgIpc) is 2.62. The van der Waals surface area contributed by atoms with Gasteiger partial charge in [-0.1, -0.05) is 54.1 Å². The van der Waals surface area contributed by atoms with Crippen molar-refractivity contribution >= 4 is 32.6 Å². The Morgan fingerprint density at radius 3 is 2.25 bits per heavy atom. The quantitative estimate of drug-likeness (QED) is 0.781. The van der Waals surface area contributed by atoms with Crippen molar-refractivity contribution in [3.05, 3.63) is 70.7 Å². The number of sulfonamides is 1. The van der Waals surface area contributed by atoms with Crippen LogP contribution in [-0.4, -0.2) is 39.0 Å². The molecule has 1 fully saturated rings. The van der Waals surface area contributed by atoms with Gasteiger partial charge in [-0.05, 0) is 29.3 Å². The van der Waals surface area contributed by atoms with Crippen molar-refractivity contribution < 1.29 is 13.2 Å². The first-order valence-electron chi connectivity index (χ1n) is 7.68. The highest BCUT2D eigenvalue weighted by Crippen LogP contribution is 2.28. The maximum atomic E-state index is 13.1. The third-order valence-electron chi connectivity index (χ3n) is 3.81. The van der Waals surface area contributed by atoms with Crippen LogP contribution in [0.4, 0.5) is 0 Å². The molecule has 0 radical (unpaired) electrons. The molecule has 1 aliphatic rings. The van der Waals surface area contributed by atoms with E-state index in [0.717, 1.165) is 5.56 Å². The second kappa shape index (κ2) is 7.49. The molecular weight excluding hydrogens is 346 g/mol. The van der Waals surface area contributed by atoms with Crippen LogP contribution in [0.1, 0.15) is 11.1 Å². The number of halogens is 1. The van der Waals surface area contributed by atoms with Crippen molar-refractivity contribution in [1.82, 2.24) is 4.31 Å². The minimum atomic E-state index is -3.60. The number of nitrogens with zero attached hydrogens (tertiary/aromatic N) is 1. The topological polar surface area (TPSA) is 46.6 Å². The molecule has 0 N–H and O–H groups in total. The second-order valence-electron chi connectivity index (χ2n) is 5.44. The Bertz CT molecular complexity index is 811. The van der Waals surface area contributed by atoms with Crippen molar-refractivity contribution in [3.63, 3.8) is 0 Å². The van der Waals surface area contributed by atoms with Gasteiger partial charge in [0.1, 0.15) is 0 Å². The summed E-state index contributed by atoms with van der Waals surface area (Å²) in [6, 6.07) is 16.2. The van der Waals surface area contributed by atoms with Crippen molar-refractivity contribution in [1.29, 1.82) is 0 Å². The van der Waals surface area contributed by atoms with Crippen molar-refractivity contribution in [3.8, 4) is 0 Å². The molecule has 0 amide bonds. The summed E-state index contributed by atoms with van der Waals surface area (Å²) >= 11 is 5.92. The molecule has 3 rings (SSSR count). The molecule has 1 heterocycles. The molecule has 0 unspecified atom stereocenters. The Kier molecular flexibility index (Phi) is 5.36.